The highest BCUT2D eigenvalue weighted by Gasteiger charge is 2.17. The number of nitrogens with one attached hydrogen (secondary N) is 1. The van der Waals surface area contributed by atoms with Crippen LogP contribution in [0.15, 0.2) is 59.4 Å². The first-order valence-electron chi connectivity index (χ1n) is 7.77. The minimum atomic E-state index is -0.364. The maximum absolute atomic E-state index is 12.8. The third-order valence-corrected chi connectivity index (χ3v) is 4.05. The van der Waals surface area contributed by atoms with Crippen LogP contribution in [0.1, 0.15) is 11.4 Å². The van der Waals surface area contributed by atoms with Gasteiger partial charge < -0.3 is 5.32 Å². The Labute approximate surface area is 149 Å². The molecule has 0 aliphatic heterocycles. The predicted molar refractivity (Wildman–Crippen MR) is 96.1 cm³/mol. The Balaban J connectivity index is 2.05. The van der Waals surface area contributed by atoms with E-state index in [1.165, 1.54) is 16.3 Å². The van der Waals surface area contributed by atoms with Gasteiger partial charge in [0, 0.05) is 18.5 Å². The number of hydrogen-bond acceptors (Lipinski definition) is 3. The van der Waals surface area contributed by atoms with Crippen LogP contribution >= 0.6 is 11.6 Å². The molecule has 1 heterocycles. The molecule has 3 rings (SSSR count). The molecule has 1 aromatic heterocycles. The standard InChI is InChI=1S/C18H17ClN4O2/c1-20-17(24)12-22-16(11-13-5-3-2-4-6-13)21-23(18(22)25)15-9-7-14(19)8-10-15/h2-10H,11-12H2,1H3,(H,20,24). The summed E-state index contributed by atoms with van der Waals surface area (Å²) in [5.74, 6) is 0.266. The van der Waals surface area contributed by atoms with Gasteiger partial charge in [-0.1, -0.05) is 41.9 Å². The summed E-state index contributed by atoms with van der Waals surface area (Å²) in [6, 6.07) is 16.5. The summed E-state index contributed by atoms with van der Waals surface area (Å²) in [6.07, 6.45) is 0.452. The number of carbonyl (C=O) groups excluding carboxylic acids is 1. The molecular formula is C18H17ClN4O2. The van der Waals surface area contributed by atoms with Gasteiger partial charge in [0.15, 0.2) is 0 Å². The van der Waals surface area contributed by atoms with E-state index in [4.69, 9.17) is 11.6 Å². The van der Waals surface area contributed by atoms with Gasteiger partial charge in [-0.25, -0.2) is 4.79 Å². The lowest BCUT2D eigenvalue weighted by Gasteiger charge is -2.04. The van der Waals surface area contributed by atoms with Crippen molar-refractivity contribution in [1.29, 1.82) is 0 Å². The Bertz CT molecular complexity index is 930. The second kappa shape index (κ2) is 7.36. The molecule has 0 fully saturated rings. The van der Waals surface area contributed by atoms with E-state index in [1.54, 1.807) is 24.3 Å². The third-order valence-electron chi connectivity index (χ3n) is 3.80. The molecule has 0 bridgehead atoms. The lowest BCUT2D eigenvalue weighted by atomic mass is 10.1. The molecule has 0 aliphatic rings. The molecule has 25 heavy (non-hydrogen) atoms. The van der Waals surface area contributed by atoms with Crippen molar-refractivity contribution in [2.45, 2.75) is 13.0 Å². The van der Waals surface area contributed by atoms with Crippen molar-refractivity contribution in [2.24, 2.45) is 0 Å². The normalized spacial score (nSPS) is 10.6. The molecule has 0 atom stereocenters. The van der Waals surface area contributed by atoms with Gasteiger partial charge in [0.1, 0.15) is 12.4 Å². The largest absolute Gasteiger partial charge is 0.358 e. The van der Waals surface area contributed by atoms with Crippen LogP contribution < -0.4 is 11.0 Å². The highest BCUT2D eigenvalue weighted by molar-refractivity contribution is 6.30. The number of aromatic nitrogens is 3. The molecule has 3 aromatic rings. The summed E-state index contributed by atoms with van der Waals surface area (Å²) >= 11 is 5.90. The molecule has 2 aromatic carbocycles. The van der Waals surface area contributed by atoms with Gasteiger partial charge in [0.05, 0.1) is 5.69 Å². The molecule has 128 valence electrons. The fourth-order valence-electron chi connectivity index (χ4n) is 2.48. The second-order valence-corrected chi connectivity index (χ2v) is 5.95. The molecule has 1 N–H and O–H groups in total. The van der Waals surface area contributed by atoms with Crippen molar-refractivity contribution in [3.8, 4) is 5.69 Å². The van der Waals surface area contributed by atoms with Crippen molar-refractivity contribution in [3.05, 3.63) is 81.5 Å². The lowest BCUT2D eigenvalue weighted by Crippen LogP contribution is -2.32. The van der Waals surface area contributed by atoms with Gasteiger partial charge in [-0.2, -0.15) is 4.68 Å². The number of likely N-dealkylation sites (N-methyl/N-ethyl adjacent to an activating group) is 1. The summed E-state index contributed by atoms with van der Waals surface area (Å²) in [6.45, 7) is -0.0783. The van der Waals surface area contributed by atoms with Crippen LogP contribution in [-0.4, -0.2) is 27.3 Å². The zero-order valence-electron chi connectivity index (χ0n) is 13.6. The van der Waals surface area contributed by atoms with Crippen LogP contribution in [0.2, 0.25) is 5.02 Å². The van der Waals surface area contributed by atoms with Gasteiger partial charge in [-0.3, -0.25) is 9.36 Å². The van der Waals surface area contributed by atoms with E-state index >= 15 is 0 Å². The first-order valence-corrected chi connectivity index (χ1v) is 8.15. The lowest BCUT2D eigenvalue weighted by molar-refractivity contribution is -0.121. The molecule has 0 unspecified atom stereocenters. The molecular weight excluding hydrogens is 340 g/mol. The first-order chi connectivity index (χ1) is 12.1. The monoisotopic (exact) mass is 356 g/mol. The third kappa shape index (κ3) is 3.80. The SMILES string of the molecule is CNC(=O)Cn1c(Cc2ccccc2)nn(-c2ccc(Cl)cc2)c1=O. The number of benzene rings is 2. The fourth-order valence-corrected chi connectivity index (χ4v) is 2.60. The quantitative estimate of drug-likeness (QED) is 0.760. The number of hydrogen-bond donors (Lipinski definition) is 1. The maximum Gasteiger partial charge on any atom is 0.351 e. The van der Waals surface area contributed by atoms with E-state index < -0.39 is 0 Å². The Morgan fingerprint density at radius 3 is 2.44 bits per heavy atom. The Morgan fingerprint density at radius 2 is 1.80 bits per heavy atom. The van der Waals surface area contributed by atoms with Crippen LogP contribution in [0.5, 0.6) is 0 Å². The predicted octanol–water partition coefficient (Wildman–Crippen LogP) is 2.02. The van der Waals surface area contributed by atoms with Gasteiger partial charge >= 0.3 is 5.69 Å². The molecule has 7 heteroatoms. The van der Waals surface area contributed by atoms with Crippen molar-refractivity contribution in [1.82, 2.24) is 19.7 Å². The summed E-state index contributed by atoms with van der Waals surface area (Å²) < 4.78 is 2.68. The van der Waals surface area contributed by atoms with Gasteiger partial charge in [-0.15, -0.1) is 5.10 Å². The molecule has 0 saturated heterocycles. The van der Waals surface area contributed by atoms with E-state index in [0.29, 0.717) is 23.0 Å². The minimum Gasteiger partial charge on any atom is -0.358 e. The maximum atomic E-state index is 12.8. The fraction of sp³-hybridized carbons (Fsp3) is 0.167. The Hall–Kier alpha value is -2.86. The number of carbonyl (C=O) groups is 1. The molecule has 1 amide bonds. The number of halogens is 1. The highest BCUT2D eigenvalue weighted by atomic mass is 35.5. The summed E-state index contributed by atoms with van der Waals surface area (Å²) in [4.78, 5) is 24.6. The van der Waals surface area contributed by atoms with Gasteiger partial charge in [0.25, 0.3) is 0 Å². The van der Waals surface area contributed by atoms with Crippen LogP contribution in [-0.2, 0) is 17.8 Å². The van der Waals surface area contributed by atoms with Crippen LogP contribution in [0, 0.1) is 0 Å². The van der Waals surface area contributed by atoms with E-state index in [9.17, 15) is 9.59 Å². The summed E-state index contributed by atoms with van der Waals surface area (Å²) in [7, 11) is 1.54. The summed E-state index contributed by atoms with van der Waals surface area (Å²) in [5.41, 5.74) is 1.24. The van der Waals surface area contributed by atoms with E-state index in [1.807, 2.05) is 30.3 Å². The smallest absolute Gasteiger partial charge is 0.351 e. The Morgan fingerprint density at radius 1 is 1.12 bits per heavy atom. The van der Waals surface area contributed by atoms with Crippen molar-refractivity contribution < 1.29 is 4.79 Å². The topological polar surface area (TPSA) is 68.9 Å². The molecule has 0 spiro atoms. The number of rotatable bonds is 5. The molecule has 0 radical (unpaired) electrons. The van der Waals surface area contributed by atoms with E-state index in [0.717, 1.165) is 5.56 Å². The Kier molecular flexibility index (Phi) is 5.00. The first kappa shape index (κ1) is 17.0. The van der Waals surface area contributed by atoms with Crippen molar-refractivity contribution in [3.63, 3.8) is 0 Å². The van der Waals surface area contributed by atoms with Crippen LogP contribution in [0.25, 0.3) is 5.69 Å². The zero-order valence-corrected chi connectivity index (χ0v) is 14.4. The van der Waals surface area contributed by atoms with Gasteiger partial charge in [-0.05, 0) is 29.8 Å². The minimum absolute atomic E-state index is 0.0783. The summed E-state index contributed by atoms with van der Waals surface area (Å²) in [5, 5.41) is 7.55. The zero-order chi connectivity index (χ0) is 17.8. The average molecular weight is 357 g/mol. The van der Waals surface area contributed by atoms with E-state index in [-0.39, 0.29) is 18.1 Å². The van der Waals surface area contributed by atoms with Crippen molar-refractivity contribution in [2.75, 3.05) is 7.05 Å². The molecule has 6 nitrogen and oxygen atoms in total. The van der Waals surface area contributed by atoms with Crippen LogP contribution in [0.4, 0.5) is 0 Å². The second-order valence-electron chi connectivity index (χ2n) is 5.51. The van der Waals surface area contributed by atoms with E-state index in [2.05, 4.69) is 10.4 Å². The van der Waals surface area contributed by atoms with Gasteiger partial charge in [0.2, 0.25) is 5.91 Å². The molecule has 0 saturated carbocycles. The van der Waals surface area contributed by atoms with Crippen molar-refractivity contribution >= 4 is 17.5 Å². The number of amides is 1. The molecule has 0 aliphatic carbocycles. The average Bonchev–Trinajstić information content (AvgIpc) is 2.92. The van der Waals surface area contributed by atoms with Crippen LogP contribution in [0.3, 0.4) is 0 Å². The highest BCUT2D eigenvalue weighted by Crippen LogP contribution is 2.13. The number of nitrogens with zero attached hydrogens (tertiary/aromatic N) is 3.